The summed E-state index contributed by atoms with van der Waals surface area (Å²) in [6.45, 7) is 0.188. The first-order valence-electron chi connectivity index (χ1n) is 10.1. The summed E-state index contributed by atoms with van der Waals surface area (Å²) in [4.78, 5) is 39.3. The second kappa shape index (κ2) is 7.27. The van der Waals surface area contributed by atoms with Gasteiger partial charge in [0.05, 0.1) is 19.2 Å². The second-order valence-corrected chi connectivity index (χ2v) is 7.99. The summed E-state index contributed by atoms with van der Waals surface area (Å²) in [5, 5.41) is 9.75. The standard InChI is InChI=1S/C23H20N6O4/c1-28-18-6-3-13(9-17(18)19(24)27-28)7-8-23(21(31)25-22(32)26-23)12-29-11-14-4-5-15(33-2)10-16(14)20(29)30/h3-6,9-10H,11-12H2,1-2H3,(H2,24,27)(H2,25,26,31,32). The van der Waals surface area contributed by atoms with Gasteiger partial charge in [-0.15, -0.1) is 0 Å². The van der Waals surface area contributed by atoms with Gasteiger partial charge in [0.1, 0.15) is 5.75 Å². The number of nitrogen functional groups attached to an aromatic ring is 1. The van der Waals surface area contributed by atoms with Crippen LogP contribution in [0.15, 0.2) is 36.4 Å². The highest BCUT2D eigenvalue weighted by Crippen LogP contribution is 2.28. The number of benzene rings is 2. The van der Waals surface area contributed by atoms with Gasteiger partial charge in [-0.25, -0.2) is 4.79 Å². The van der Waals surface area contributed by atoms with E-state index in [1.165, 1.54) is 12.0 Å². The number of imide groups is 1. The van der Waals surface area contributed by atoms with Crippen LogP contribution in [0.4, 0.5) is 10.6 Å². The summed E-state index contributed by atoms with van der Waals surface area (Å²) in [7, 11) is 3.32. The average Bonchev–Trinajstić information content (AvgIpc) is 3.37. The van der Waals surface area contributed by atoms with Crippen LogP contribution in [0.2, 0.25) is 0 Å². The number of anilines is 1. The van der Waals surface area contributed by atoms with Crippen molar-refractivity contribution in [3.05, 3.63) is 53.1 Å². The fourth-order valence-corrected chi connectivity index (χ4v) is 4.16. The summed E-state index contributed by atoms with van der Waals surface area (Å²) < 4.78 is 6.87. The Bertz CT molecular complexity index is 1420. The lowest BCUT2D eigenvalue weighted by atomic mass is 9.99. The van der Waals surface area contributed by atoms with Crippen LogP contribution in [-0.4, -0.2) is 51.7 Å². The molecule has 2 aromatic carbocycles. The molecule has 1 atom stereocenters. The number of aryl methyl sites for hydroxylation is 1. The highest BCUT2D eigenvalue weighted by Gasteiger charge is 2.48. The predicted octanol–water partition coefficient (Wildman–Crippen LogP) is 0.750. The maximum Gasteiger partial charge on any atom is 0.323 e. The van der Waals surface area contributed by atoms with Crippen molar-refractivity contribution in [2.24, 2.45) is 7.05 Å². The molecule has 0 saturated carbocycles. The number of urea groups is 1. The van der Waals surface area contributed by atoms with E-state index in [1.54, 1.807) is 36.0 Å². The van der Waals surface area contributed by atoms with E-state index in [9.17, 15) is 14.4 Å². The molecule has 1 fully saturated rings. The van der Waals surface area contributed by atoms with Gasteiger partial charge in [-0.3, -0.25) is 19.6 Å². The first-order chi connectivity index (χ1) is 15.8. The zero-order valence-corrected chi connectivity index (χ0v) is 17.9. The van der Waals surface area contributed by atoms with Crippen LogP contribution in [0.25, 0.3) is 10.9 Å². The number of nitrogens with two attached hydrogens (primary N) is 1. The molecule has 0 bridgehead atoms. The third kappa shape index (κ3) is 3.30. The molecule has 10 heteroatoms. The summed E-state index contributed by atoms with van der Waals surface area (Å²) in [6, 6.07) is 9.97. The van der Waals surface area contributed by atoms with Crippen LogP contribution in [-0.2, 0) is 18.4 Å². The number of carbonyl (C=O) groups excluding carboxylic acids is 3. The summed E-state index contributed by atoms with van der Waals surface area (Å²) in [5.74, 6) is 5.92. The number of nitrogens with zero attached hydrogens (tertiary/aromatic N) is 3. The third-order valence-corrected chi connectivity index (χ3v) is 5.86. The van der Waals surface area contributed by atoms with E-state index < -0.39 is 17.5 Å². The molecule has 166 valence electrons. The number of nitrogens with one attached hydrogen (secondary N) is 2. The quantitative estimate of drug-likeness (QED) is 0.404. The minimum atomic E-state index is -1.59. The number of fused-ring (bicyclic) bond motifs is 2. The monoisotopic (exact) mass is 444 g/mol. The van der Waals surface area contributed by atoms with Crippen molar-refractivity contribution in [2.75, 3.05) is 19.4 Å². The van der Waals surface area contributed by atoms with Crippen LogP contribution >= 0.6 is 0 Å². The number of methoxy groups -OCH3 is 1. The van der Waals surface area contributed by atoms with Gasteiger partial charge >= 0.3 is 6.03 Å². The summed E-state index contributed by atoms with van der Waals surface area (Å²) in [6.07, 6.45) is 0. The smallest absolute Gasteiger partial charge is 0.323 e. The molecule has 1 aromatic heterocycles. The minimum Gasteiger partial charge on any atom is -0.497 e. The lowest BCUT2D eigenvalue weighted by molar-refractivity contribution is -0.122. The van der Waals surface area contributed by atoms with Gasteiger partial charge in [-0.05, 0) is 35.9 Å². The van der Waals surface area contributed by atoms with E-state index in [4.69, 9.17) is 10.5 Å². The highest BCUT2D eigenvalue weighted by atomic mass is 16.5. The molecule has 2 aliphatic heterocycles. The highest BCUT2D eigenvalue weighted by molar-refractivity contribution is 6.10. The van der Waals surface area contributed by atoms with E-state index in [2.05, 4.69) is 27.6 Å². The molecule has 1 saturated heterocycles. The molecule has 3 heterocycles. The average molecular weight is 444 g/mol. The van der Waals surface area contributed by atoms with E-state index in [0.717, 1.165) is 16.5 Å². The van der Waals surface area contributed by atoms with Gasteiger partial charge in [0.25, 0.3) is 11.8 Å². The summed E-state index contributed by atoms with van der Waals surface area (Å²) >= 11 is 0. The number of rotatable bonds is 3. The Morgan fingerprint density at radius 3 is 2.76 bits per heavy atom. The zero-order chi connectivity index (χ0) is 23.3. The van der Waals surface area contributed by atoms with Crippen LogP contribution < -0.4 is 21.1 Å². The minimum absolute atomic E-state index is 0.106. The number of aromatic nitrogens is 2. The molecule has 0 radical (unpaired) electrons. The largest absolute Gasteiger partial charge is 0.497 e. The fraction of sp³-hybridized carbons (Fsp3) is 0.217. The van der Waals surface area contributed by atoms with Gasteiger partial charge in [0.2, 0.25) is 5.54 Å². The maximum absolute atomic E-state index is 13.0. The number of amides is 4. The maximum atomic E-state index is 13.0. The SMILES string of the molecule is COc1ccc2c(c1)C(=O)N(CC1(C#Cc3ccc4c(c3)c(N)nn4C)NC(=O)NC1=O)C2. The van der Waals surface area contributed by atoms with E-state index >= 15 is 0 Å². The fourth-order valence-electron chi connectivity index (χ4n) is 4.16. The molecule has 33 heavy (non-hydrogen) atoms. The lowest BCUT2D eigenvalue weighted by Crippen LogP contribution is -2.54. The Morgan fingerprint density at radius 1 is 1.21 bits per heavy atom. The molecule has 0 spiro atoms. The van der Waals surface area contributed by atoms with Crippen molar-refractivity contribution in [2.45, 2.75) is 12.1 Å². The van der Waals surface area contributed by atoms with E-state index in [-0.39, 0.29) is 12.5 Å². The topological polar surface area (TPSA) is 132 Å². The van der Waals surface area contributed by atoms with Crippen LogP contribution in [0.3, 0.4) is 0 Å². The first kappa shape index (κ1) is 20.4. The lowest BCUT2D eigenvalue weighted by Gasteiger charge is -2.26. The van der Waals surface area contributed by atoms with Crippen LogP contribution in [0.1, 0.15) is 21.5 Å². The molecule has 1 unspecified atom stereocenters. The Hall–Kier alpha value is -4.52. The van der Waals surface area contributed by atoms with Gasteiger partial charge in [-0.2, -0.15) is 5.10 Å². The molecule has 3 aromatic rings. The third-order valence-electron chi connectivity index (χ3n) is 5.86. The van der Waals surface area contributed by atoms with Crippen molar-refractivity contribution in [1.82, 2.24) is 25.3 Å². The number of hydrogen-bond donors (Lipinski definition) is 3. The summed E-state index contributed by atoms with van der Waals surface area (Å²) in [5.41, 5.74) is 7.12. The van der Waals surface area contributed by atoms with Crippen molar-refractivity contribution in [3.8, 4) is 17.6 Å². The van der Waals surface area contributed by atoms with Crippen molar-refractivity contribution >= 4 is 34.6 Å². The molecule has 2 aliphatic rings. The number of carbonyl (C=O) groups is 3. The second-order valence-electron chi connectivity index (χ2n) is 7.99. The van der Waals surface area contributed by atoms with Crippen molar-refractivity contribution in [1.29, 1.82) is 0 Å². The zero-order valence-electron chi connectivity index (χ0n) is 17.9. The van der Waals surface area contributed by atoms with Crippen molar-refractivity contribution < 1.29 is 19.1 Å². The Labute approximate surface area is 188 Å². The van der Waals surface area contributed by atoms with Gasteiger partial charge in [0.15, 0.2) is 5.82 Å². The molecule has 0 aliphatic carbocycles. The van der Waals surface area contributed by atoms with E-state index in [1.807, 2.05) is 12.1 Å². The van der Waals surface area contributed by atoms with E-state index in [0.29, 0.717) is 29.2 Å². The van der Waals surface area contributed by atoms with Crippen LogP contribution in [0.5, 0.6) is 5.75 Å². The van der Waals surface area contributed by atoms with Gasteiger partial charge in [0, 0.05) is 30.1 Å². The molecular formula is C23H20N6O4. The van der Waals surface area contributed by atoms with Gasteiger partial charge in [-0.1, -0.05) is 17.9 Å². The molecule has 4 amide bonds. The predicted molar refractivity (Wildman–Crippen MR) is 119 cm³/mol. The van der Waals surface area contributed by atoms with Crippen LogP contribution in [0, 0.1) is 11.8 Å². The molecule has 5 rings (SSSR count). The Kier molecular flexibility index (Phi) is 4.49. The Morgan fingerprint density at radius 2 is 2.03 bits per heavy atom. The van der Waals surface area contributed by atoms with Gasteiger partial charge < -0.3 is 20.7 Å². The molecule has 10 nitrogen and oxygen atoms in total. The Balaban J connectivity index is 1.48. The number of ether oxygens (including phenoxy) is 1. The molecular weight excluding hydrogens is 424 g/mol. The normalized spacial score (nSPS) is 19.2. The van der Waals surface area contributed by atoms with Crippen molar-refractivity contribution in [3.63, 3.8) is 0 Å². The first-order valence-corrected chi connectivity index (χ1v) is 10.1. The molecule has 4 N–H and O–H groups in total. The number of hydrogen-bond acceptors (Lipinski definition) is 6.